The van der Waals surface area contributed by atoms with Crippen molar-refractivity contribution in [2.24, 2.45) is 4.99 Å². The van der Waals surface area contributed by atoms with Gasteiger partial charge in [0.25, 0.3) is 0 Å². The van der Waals surface area contributed by atoms with Crippen LogP contribution in [-0.2, 0) is 0 Å². The Hall–Kier alpha value is -1.71. The highest BCUT2D eigenvalue weighted by molar-refractivity contribution is 6.31. The van der Waals surface area contributed by atoms with Gasteiger partial charge < -0.3 is 10.2 Å². The summed E-state index contributed by atoms with van der Waals surface area (Å²) in [5.41, 5.74) is 3.71. The number of rotatable bonds is 5. The van der Waals surface area contributed by atoms with E-state index in [0.717, 1.165) is 29.2 Å². The van der Waals surface area contributed by atoms with Gasteiger partial charge >= 0.3 is 0 Å². The van der Waals surface area contributed by atoms with Crippen molar-refractivity contribution >= 4 is 46.6 Å². The Morgan fingerprint density at radius 3 is 2.64 bits per heavy atom. The molecule has 2 rings (SSSR count). The minimum absolute atomic E-state index is 0.640. The van der Waals surface area contributed by atoms with Gasteiger partial charge in [0, 0.05) is 35.0 Å². The van der Waals surface area contributed by atoms with E-state index in [1.165, 1.54) is 0 Å². The molecule has 0 fully saturated rings. The van der Waals surface area contributed by atoms with Crippen LogP contribution >= 0.6 is 23.2 Å². The maximum atomic E-state index is 6.22. The van der Waals surface area contributed by atoms with Crippen LogP contribution in [0, 0.1) is 6.92 Å². The second-order valence-corrected chi connectivity index (χ2v) is 5.92. The molecule has 0 aliphatic carbocycles. The summed E-state index contributed by atoms with van der Waals surface area (Å²) in [5.74, 6) is 0. The Kier molecular flexibility index (Phi) is 5.69. The van der Waals surface area contributed by atoms with Crippen molar-refractivity contribution in [1.29, 1.82) is 0 Å². The number of hydrogen-bond donors (Lipinski definition) is 1. The molecule has 0 saturated heterocycles. The van der Waals surface area contributed by atoms with E-state index in [-0.39, 0.29) is 0 Å². The lowest BCUT2D eigenvalue weighted by molar-refractivity contribution is 0.552. The van der Waals surface area contributed by atoms with Crippen LogP contribution in [0.2, 0.25) is 10.0 Å². The molecule has 1 N–H and O–H groups in total. The van der Waals surface area contributed by atoms with Gasteiger partial charge in [0.15, 0.2) is 0 Å². The van der Waals surface area contributed by atoms with E-state index in [2.05, 4.69) is 17.2 Å². The molecule has 0 heterocycles. The molecule has 0 atom stereocenters. The monoisotopic (exact) mass is 335 g/mol. The standard InChI is InChI=1S/C17H19Cl2N3/c1-4-22(3)11-20-16-9-14(19)10-17(12(16)2)21-15-7-5-6-13(18)8-15/h5-11,21H,4H2,1-3H3. The third kappa shape index (κ3) is 4.39. The third-order valence-electron chi connectivity index (χ3n) is 3.34. The summed E-state index contributed by atoms with van der Waals surface area (Å²) in [4.78, 5) is 6.51. The van der Waals surface area contributed by atoms with E-state index < -0.39 is 0 Å². The van der Waals surface area contributed by atoms with E-state index in [1.54, 1.807) is 0 Å². The predicted molar refractivity (Wildman–Crippen MR) is 97.4 cm³/mol. The van der Waals surface area contributed by atoms with Crippen molar-refractivity contribution < 1.29 is 0 Å². The van der Waals surface area contributed by atoms with Gasteiger partial charge in [0.2, 0.25) is 0 Å². The summed E-state index contributed by atoms with van der Waals surface area (Å²) in [6, 6.07) is 11.3. The molecule has 3 nitrogen and oxygen atoms in total. The molecule has 5 heteroatoms. The lowest BCUT2D eigenvalue weighted by atomic mass is 10.1. The van der Waals surface area contributed by atoms with Crippen LogP contribution in [0.1, 0.15) is 12.5 Å². The van der Waals surface area contributed by atoms with Crippen molar-refractivity contribution in [3.05, 3.63) is 52.0 Å². The summed E-state index contributed by atoms with van der Waals surface area (Å²) < 4.78 is 0. The molecule has 2 aromatic rings. The molecule has 0 saturated carbocycles. The Morgan fingerprint density at radius 2 is 1.95 bits per heavy atom. The van der Waals surface area contributed by atoms with Gasteiger partial charge in [-0.15, -0.1) is 0 Å². The van der Waals surface area contributed by atoms with Crippen LogP contribution in [0.25, 0.3) is 0 Å². The molecule has 0 amide bonds. The van der Waals surface area contributed by atoms with Crippen molar-refractivity contribution in [3.8, 4) is 0 Å². The van der Waals surface area contributed by atoms with Crippen molar-refractivity contribution in [1.82, 2.24) is 4.90 Å². The maximum absolute atomic E-state index is 6.22. The number of aliphatic imine (C=N–C) groups is 1. The topological polar surface area (TPSA) is 27.6 Å². The van der Waals surface area contributed by atoms with Gasteiger partial charge in [-0.3, -0.25) is 0 Å². The Labute approximate surface area is 141 Å². The maximum Gasteiger partial charge on any atom is 0.0909 e. The average Bonchev–Trinajstić information content (AvgIpc) is 2.48. The molecule has 0 unspecified atom stereocenters. The van der Waals surface area contributed by atoms with Crippen LogP contribution < -0.4 is 5.32 Å². The van der Waals surface area contributed by atoms with Gasteiger partial charge in [-0.1, -0.05) is 29.3 Å². The molecule has 22 heavy (non-hydrogen) atoms. The molecule has 116 valence electrons. The summed E-state index contributed by atoms with van der Waals surface area (Å²) in [5, 5.41) is 4.67. The first-order chi connectivity index (χ1) is 10.5. The number of halogens is 2. The summed E-state index contributed by atoms with van der Waals surface area (Å²) in [7, 11) is 1.98. The van der Waals surface area contributed by atoms with E-state index >= 15 is 0 Å². The second-order valence-electron chi connectivity index (χ2n) is 5.05. The summed E-state index contributed by atoms with van der Waals surface area (Å²) in [6.45, 7) is 4.99. The molecule has 0 aliphatic rings. The zero-order chi connectivity index (χ0) is 16.1. The van der Waals surface area contributed by atoms with Crippen LogP contribution in [0.3, 0.4) is 0 Å². The van der Waals surface area contributed by atoms with E-state index in [1.807, 2.05) is 61.6 Å². The molecule has 0 spiro atoms. The second kappa shape index (κ2) is 7.52. The molecule has 0 aliphatic heterocycles. The van der Waals surface area contributed by atoms with E-state index in [9.17, 15) is 0 Å². The fraction of sp³-hybridized carbons (Fsp3) is 0.235. The SMILES string of the molecule is CCN(C)C=Nc1cc(Cl)cc(Nc2cccc(Cl)c2)c1C. The minimum atomic E-state index is 0.640. The molecular weight excluding hydrogens is 317 g/mol. The predicted octanol–water partition coefficient (Wildman–Crippen LogP) is 5.66. The highest BCUT2D eigenvalue weighted by Crippen LogP contribution is 2.32. The summed E-state index contributed by atoms with van der Waals surface area (Å²) >= 11 is 12.2. The first-order valence-corrected chi connectivity index (χ1v) is 7.82. The van der Waals surface area contributed by atoms with Gasteiger partial charge in [0.05, 0.1) is 12.0 Å². The van der Waals surface area contributed by atoms with Crippen LogP contribution in [0.4, 0.5) is 17.1 Å². The number of hydrogen-bond acceptors (Lipinski definition) is 2. The lowest BCUT2D eigenvalue weighted by Gasteiger charge is -2.14. The molecular formula is C17H19Cl2N3. The summed E-state index contributed by atoms with van der Waals surface area (Å²) in [6.07, 6.45) is 1.81. The molecule has 0 bridgehead atoms. The van der Waals surface area contributed by atoms with Crippen molar-refractivity contribution in [2.75, 3.05) is 18.9 Å². The third-order valence-corrected chi connectivity index (χ3v) is 3.79. The van der Waals surface area contributed by atoms with E-state index in [0.29, 0.717) is 10.0 Å². The van der Waals surface area contributed by atoms with E-state index in [4.69, 9.17) is 23.2 Å². The fourth-order valence-corrected chi connectivity index (χ4v) is 2.30. The van der Waals surface area contributed by atoms with Gasteiger partial charge in [-0.2, -0.15) is 0 Å². The largest absolute Gasteiger partial charge is 0.366 e. The fourth-order valence-electron chi connectivity index (χ4n) is 1.89. The lowest BCUT2D eigenvalue weighted by Crippen LogP contribution is -2.14. The number of nitrogens with one attached hydrogen (secondary N) is 1. The molecule has 0 aromatic heterocycles. The normalized spacial score (nSPS) is 11.0. The minimum Gasteiger partial charge on any atom is -0.366 e. The van der Waals surface area contributed by atoms with Crippen LogP contribution in [-0.4, -0.2) is 24.8 Å². The first kappa shape index (κ1) is 16.7. The Morgan fingerprint density at radius 1 is 1.18 bits per heavy atom. The van der Waals surface area contributed by atoms with Gasteiger partial charge in [0.1, 0.15) is 0 Å². The highest BCUT2D eigenvalue weighted by Gasteiger charge is 2.07. The zero-order valence-corrected chi connectivity index (χ0v) is 14.4. The molecule has 0 radical (unpaired) electrons. The number of nitrogens with zero attached hydrogens (tertiary/aromatic N) is 2. The Bertz CT molecular complexity index is 684. The zero-order valence-electron chi connectivity index (χ0n) is 12.9. The highest BCUT2D eigenvalue weighted by atomic mass is 35.5. The Balaban J connectivity index is 2.32. The van der Waals surface area contributed by atoms with Crippen molar-refractivity contribution in [3.63, 3.8) is 0 Å². The number of anilines is 2. The van der Waals surface area contributed by atoms with Gasteiger partial charge in [-0.05, 0) is 49.7 Å². The van der Waals surface area contributed by atoms with Gasteiger partial charge in [-0.25, -0.2) is 4.99 Å². The average molecular weight is 336 g/mol. The van der Waals surface area contributed by atoms with Crippen molar-refractivity contribution in [2.45, 2.75) is 13.8 Å². The quantitative estimate of drug-likeness (QED) is 0.564. The van der Waals surface area contributed by atoms with Crippen LogP contribution in [0.5, 0.6) is 0 Å². The van der Waals surface area contributed by atoms with Crippen LogP contribution in [0.15, 0.2) is 41.4 Å². The first-order valence-electron chi connectivity index (χ1n) is 7.06. The smallest absolute Gasteiger partial charge is 0.0909 e. The molecule has 2 aromatic carbocycles. The number of benzene rings is 2.